The van der Waals surface area contributed by atoms with E-state index in [-0.39, 0.29) is 12.1 Å². The van der Waals surface area contributed by atoms with E-state index < -0.39 is 17.3 Å². The van der Waals surface area contributed by atoms with Crippen molar-refractivity contribution in [2.75, 3.05) is 5.32 Å². The van der Waals surface area contributed by atoms with Gasteiger partial charge in [-0.1, -0.05) is 17.7 Å². The fourth-order valence-electron chi connectivity index (χ4n) is 3.11. The first-order valence-corrected chi connectivity index (χ1v) is 9.48. The number of anilines is 1. The van der Waals surface area contributed by atoms with Crippen LogP contribution in [0.5, 0.6) is 0 Å². The molecule has 0 atom stereocenters. The molecule has 0 unspecified atom stereocenters. The van der Waals surface area contributed by atoms with Gasteiger partial charge in [0.05, 0.1) is 17.6 Å². The molecule has 0 aliphatic rings. The average molecular weight is 426 g/mol. The molecule has 1 N–H and O–H groups in total. The number of amides is 1. The number of carbonyl (C=O) groups excluding carboxylic acids is 1. The summed E-state index contributed by atoms with van der Waals surface area (Å²) in [6.07, 6.45) is 1.53. The standard InChI is InChI=1S/C21H17ClFN5O2/c1-12-3-6-15(9-18(12)22)25-19(29)11-27-21(30)20-17(13(2)26-27)10-24-28(20)16-7-4-14(23)5-8-16/h3-10H,11H2,1-2H3,(H,25,29). The van der Waals surface area contributed by atoms with Gasteiger partial charge >= 0.3 is 0 Å². The number of nitrogens with zero attached hydrogens (tertiary/aromatic N) is 4. The van der Waals surface area contributed by atoms with E-state index >= 15 is 0 Å². The number of rotatable bonds is 4. The maximum absolute atomic E-state index is 13.3. The van der Waals surface area contributed by atoms with Crippen molar-refractivity contribution in [2.45, 2.75) is 20.4 Å². The maximum atomic E-state index is 13.3. The largest absolute Gasteiger partial charge is 0.324 e. The lowest BCUT2D eigenvalue weighted by Gasteiger charge is -2.10. The average Bonchev–Trinajstić information content (AvgIpc) is 3.15. The lowest BCUT2D eigenvalue weighted by Crippen LogP contribution is -2.31. The van der Waals surface area contributed by atoms with Crippen LogP contribution in [-0.4, -0.2) is 25.5 Å². The van der Waals surface area contributed by atoms with Crippen molar-refractivity contribution >= 4 is 34.1 Å². The fourth-order valence-corrected chi connectivity index (χ4v) is 3.29. The Bertz CT molecular complexity index is 1330. The molecule has 0 fully saturated rings. The molecule has 2 heterocycles. The molecule has 4 rings (SSSR count). The van der Waals surface area contributed by atoms with Gasteiger partial charge in [-0.15, -0.1) is 0 Å². The maximum Gasteiger partial charge on any atom is 0.293 e. The predicted octanol–water partition coefficient (Wildman–Crippen LogP) is 3.63. The lowest BCUT2D eigenvalue weighted by atomic mass is 10.2. The minimum Gasteiger partial charge on any atom is -0.324 e. The van der Waals surface area contributed by atoms with E-state index in [4.69, 9.17) is 11.6 Å². The van der Waals surface area contributed by atoms with E-state index in [1.165, 1.54) is 35.1 Å². The second kappa shape index (κ2) is 7.72. The number of halogens is 2. The first-order chi connectivity index (χ1) is 14.3. The zero-order valence-electron chi connectivity index (χ0n) is 16.2. The monoisotopic (exact) mass is 425 g/mol. The molecule has 0 saturated carbocycles. The molecular weight excluding hydrogens is 409 g/mol. The number of hydrogen-bond donors (Lipinski definition) is 1. The Morgan fingerprint density at radius 1 is 1.17 bits per heavy atom. The number of aryl methyl sites for hydroxylation is 2. The molecule has 2 aromatic heterocycles. The highest BCUT2D eigenvalue weighted by atomic mass is 35.5. The molecule has 0 saturated heterocycles. The quantitative estimate of drug-likeness (QED) is 0.541. The van der Waals surface area contributed by atoms with Gasteiger partial charge in [-0.05, 0) is 55.8 Å². The summed E-state index contributed by atoms with van der Waals surface area (Å²) in [6.45, 7) is 3.31. The van der Waals surface area contributed by atoms with Crippen molar-refractivity contribution in [3.05, 3.63) is 81.1 Å². The zero-order chi connectivity index (χ0) is 21.4. The molecule has 0 aliphatic heterocycles. The van der Waals surface area contributed by atoms with Crippen LogP contribution in [-0.2, 0) is 11.3 Å². The smallest absolute Gasteiger partial charge is 0.293 e. The van der Waals surface area contributed by atoms with Gasteiger partial charge in [0, 0.05) is 16.1 Å². The number of fused-ring (bicyclic) bond motifs is 1. The van der Waals surface area contributed by atoms with E-state index in [9.17, 15) is 14.0 Å². The Morgan fingerprint density at radius 2 is 1.90 bits per heavy atom. The highest BCUT2D eigenvalue weighted by Crippen LogP contribution is 2.20. The summed E-state index contributed by atoms with van der Waals surface area (Å²) < 4.78 is 15.8. The van der Waals surface area contributed by atoms with Gasteiger partial charge in [0.25, 0.3) is 5.56 Å². The first kappa shape index (κ1) is 19.8. The second-order valence-corrected chi connectivity index (χ2v) is 7.26. The summed E-state index contributed by atoms with van der Waals surface area (Å²) in [6, 6.07) is 10.8. The van der Waals surface area contributed by atoms with Crippen LogP contribution in [0.2, 0.25) is 5.02 Å². The van der Waals surface area contributed by atoms with E-state index in [1.54, 1.807) is 25.1 Å². The highest BCUT2D eigenvalue weighted by Gasteiger charge is 2.17. The molecular formula is C21H17ClFN5O2. The van der Waals surface area contributed by atoms with Crippen LogP contribution in [0.25, 0.3) is 16.6 Å². The molecule has 2 aromatic carbocycles. The molecule has 4 aromatic rings. The molecule has 0 bridgehead atoms. The SMILES string of the molecule is Cc1ccc(NC(=O)Cn2nc(C)c3cnn(-c4ccc(F)cc4)c3c2=O)cc1Cl. The third-order valence-corrected chi connectivity index (χ3v) is 5.09. The van der Waals surface area contributed by atoms with Crippen LogP contribution >= 0.6 is 11.6 Å². The van der Waals surface area contributed by atoms with Crippen LogP contribution in [0.3, 0.4) is 0 Å². The minimum absolute atomic E-state index is 0.264. The van der Waals surface area contributed by atoms with E-state index in [0.29, 0.717) is 27.5 Å². The van der Waals surface area contributed by atoms with Crippen molar-refractivity contribution < 1.29 is 9.18 Å². The molecule has 30 heavy (non-hydrogen) atoms. The summed E-state index contributed by atoms with van der Waals surface area (Å²) in [5.74, 6) is -0.811. The Labute approximate surface area is 175 Å². The molecule has 0 spiro atoms. The number of hydrogen-bond acceptors (Lipinski definition) is 4. The van der Waals surface area contributed by atoms with Crippen molar-refractivity contribution in [3.63, 3.8) is 0 Å². The zero-order valence-corrected chi connectivity index (χ0v) is 16.9. The van der Waals surface area contributed by atoms with E-state index in [2.05, 4.69) is 15.5 Å². The summed E-state index contributed by atoms with van der Waals surface area (Å²) >= 11 is 6.09. The van der Waals surface area contributed by atoms with Crippen molar-refractivity contribution in [1.29, 1.82) is 0 Å². The normalized spacial score (nSPS) is 11.1. The molecule has 7 nitrogen and oxygen atoms in total. The van der Waals surface area contributed by atoms with Gasteiger partial charge in [0.15, 0.2) is 0 Å². The summed E-state index contributed by atoms with van der Waals surface area (Å²) in [7, 11) is 0. The Balaban J connectivity index is 1.69. The van der Waals surface area contributed by atoms with Gasteiger partial charge in [-0.25, -0.2) is 13.8 Å². The number of aromatic nitrogens is 4. The van der Waals surface area contributed by atoms with Crippen molar-refractivity contribution in [3.8, 4) is 5.69 Å². The predicted molar refractivity (Wildman–Crippen MR) is 113 cm³/mol. The van der Waals surface area contributed by atoms with Crippen molar-refractivity contribution in [1.82, 2.24) is 19.6 Å². The number of carbonyl (C=O) groups is 1. The van der Waals surface area contributed by atoms with Gasteiger partial charge in [-0.2, -0.15) is 10.2 Å². The Hall–Kier alpha value is -3.52. The Morgan fingerprint density at radius 3 is 2.60 bits per heavy atom. The van der Waals surface area contributed by atoms with Crippen LogP contribution in [0, 0.1) is 19.7 Å². The van der Waals surface area contributed by atoms with Gasteiger partial charge in [-0.3, -0.25) is 9.59 Å². The molecule has 0 radical (unpaired) electrons. The molecule has 0 aliphatic carbocycles. The fraction of sp³-hybridized carbons (Fsp3) is 0.143. The van der Waals surface area contributed by atoms with Crippen LogP contribution in [0.4, 0.5) is 10.1 Å². The van der Waals surface area contributed by atoms with Gasteiger partial charge in [0.2, 0.25) is 5.91 Å². The number of benzene rings is 2. The Kier molecular flexibility index (Phi) is 5.09. The molecule has 9 heteroatoms. The topological polar surface area (TPSA) is 81.8 Å². The summed E-state index contributed by atoms with van der Waals surface area (Å²) in [5.41, 5.74) is 2.28. The third kappa shape index (κ3) is 3.69. The molecule has 1 amide bonds. The summed E-state index contributed by atoms with van der Waals surface area (Å²) in [5, 5.41) is 12.3. The van der Waals surface area contributed by atoms with Crippen LogP contribution < -0.4 is 10.9 Å². The third-order valence-electron chi connectivity index (χ3n) is 4.69. The van der Waals surface area contributed by atoms with E-state index in [0.717, 1.165) is 10.2 Å². The highest BCUT2D eigenvalue weighted by molar-refractivity contribution is 6.31. The molecule has 152 valence electrons. The van der Waals surface area contributed by atoms with Crippen LogP contribution in [0.1, 0.15) is 11.3 Å². The van der Waals surface area contributed by atoms with Gasteiger partial charge in [0.1, 0.15) is 17.9 Å². The second-order valence-electron chi connectivity index (χ2n) is 6.86. The summed E-state index contributed by atoms with van der Waals surface area (Å²) in [4.78, 5) is 25.5. The van der Waals surface area contributed by atoms with Crippen molar-refractivity contribution in [2.24, 2.45) is 0 Å². The van der Waals surface area contributed by atoms with Crippen LogP contribution in [0.15, 0.2) is 53.5 Å². The minimum atomic E-state index is -0.477. The number of nitrogens with one attached hydrogen (secondary N) is 1. The lowest BCUT2D eigenvalue weighted by molar-refractivity contribution is -0.117. The van der Waals surface area contributed by atoms with E-state index in [1.807, 2.05) is 6.92 Å². The first-order valence-electron chi connectivity index (χ1n) is 9.11. The van der Waals surface area contributed by atoms with Gasteiger partial charge < -0.3 is 5.32 Å².